The van der Waals surface area contributed by atoms with Crippen LogP contribution in [0, 0.1) is 3.57 Å². The van der Waals surface area contributed by atoms with E-state index >= 15 is 0 Å². The molecule has 1 aromatic heterocycles. The summed E-state index contributed by atoms with van der Waals surface area (Å²) in [6.07, 6.45) is 0. The summed E-state index contributed by atoms with van der Waals surface area (Å²) in [5, 5.41) is 0. The van der Waals surface area contributed by atoms with Gasteiger partial charge in [-0.3, -0.25) is 4.79 Å². The molecule has 1 N–H and O–H groups in total. The van der Waals surface area contributed by atoms with Crippen LogP contribution >= 0.6 is 34.4 Å². The van der Waals surface area contributed by atoms with Gasteiger partial charge in [0.15, 0.2) is 0 Å². The van der Waals surface area contributed by atoms with Crippen molar-refractivity contribution in [2.24, 2.45) is 0 Å². The molecule has 0 bridgehead atoms. The molecular formula is C10H15IN2OS. The van der Waals surface area contributed by atoms with E-state index in [1.54, 1.807) is 11.8 Å². The van der Waals surface area contributed by atoms with Crippen molar-refractivity contribution in [3.05, 3.63) is 25.4 Å². The summed E-state index contributed by atoms with van der Waals surface area (Å²) in [6, 6.07) is 0. The van der Waals surface area contributed by atoms with Crippen LogP contribution in [0.25, 0.3) is 0 Å². The molecule has 0 saturated carbocycles. The van der Waals surface area contributed by atoms with Crippen molar-refractivity contribution >= 4 is 34.4 Å². The molecule has 0 spiro atoms. The standard InChI is InChI=1S/C10H15IN2OS/c1-4-15-5-7-12-9(6(2)3)8(11)10(14)13-7/h6H,4-5H2,1-3H3,(H,12,13,14). The number of aromatic amines is 1. The largest absolute Gasteiger partial charge is 0.309 e. The van der Waals surface area contributed by atoms with Crippen LogP contribution in [-0.4, -0.2) is 15.7 Å². The molecule has 0 aliphatic heterocycles. The molecule has 1 aromatic rings. The zero-order valence-corrected chi connectivity index (χ0v) is 12.1. The third-order valence-electron chi connectivity index (χ3n) is 1.93. The molecule has 0 fully saturated rings. The lowest BCUT2D eigenvalue weighted by Crippen LogP contribution is -2.18. The highest BCUT2D eigenvalue weighted by molar-refractivity contribution is 14.1. The summed E-state index contributed by atoms with van der Waals surface area (Å²) in [7, 11) is 0. The predicted octanol–water partition coefficient (Wildman–Crippen LogP) is 2.75. The van der Waals surface area contributed by atoms with Crippen molar-refractivity contribution in [1.29, 1.82) is 0 Å². The maximum absolute atomic E-state index is 11.6. The Kier molecular flexibility index (Phi) is 5.11. The Hall–Kier alpha value is -0.0400. The molecule has 0 amide bonds. The van der Waals surface area contributed by atoms with Gasteiger partial charge >= 0.3 is 0 Å². The van der Waals surface area contributed by atoms with E-state index in [1.807, 2.05) is 0 Å². The van der Waals surface area contributed by atoms with Gasteiger partial charge in [0.1, 0.15) is 5.82 Å². The minimum atomic E-state index is -0.0130. The smallest absolute Gasteiger partial charge is 0.264 e. The van der Waals surface area contributed by atoms with Gasteiger partial charge in [0.2, 0.25) is 0 Å². The quantitative estimate of drug-likeness (QED) is 0.859. The first kappa shape index (κ1) is 13.0. The van der Waals surface area contributed by atoms with Gasteiger partial charge in [0.05, 0.1) is 15.0 Å². The summed E-state index contributed by atoms with van der Waals surface area (Å²) in [5.41, 5.74) is 0.895. The van der Waals surface area contributed by atoms with Crippen molar-refractivity contribution < 1.29 is 0 Å². The van der Waals surface area contributed by atoms with Crippen LogP contribution in [0.15, 0.2) is 4.79 Å². The highest BCUT2D eigenvalue weighted by atomic mass is 127. The van der Waals surface area contributed by atoms with Gasteiger partial charge in [-0.25, -0.2) is 4.98 Å². The molecule has 3 nitrogen and oxygen atoms in total. The Labute approximate surface area is 108 Å². The van der Waals surface area contributed by atoms with E-state index in [0.29, 0.717) is 9.49 Å². The fraction of sp³-hybridized carbons (Fsp3) is 0.600. The number of halogens is 1. The number of nitrogens with zero attached hydrogens (tertiary/aromatic N) is 1. The SMILES string of the molecule is CCSCc1nc(C(C)C)c(I)c(=O)[nH]1. The lowest BCUT2D eigenvalue weighted by atomic mass is 10.1. The number of thioether (sulfide) groups is 1. The molecule has 0 saturated heterocycles. The Morgan fingerprint density at radius 3 is 2.73 bits per heavy atom. The lowest BCUT2D eigenvalue weighted by molar-refractivity contribution is 0.783. The molecule has 0 unspecified atom stereocenters. The highest BCUT2D eigenvalue weighted by Crippen LogP contribution is 2.17. The predicted molar refractivity (Wildman–Crippen MR) is 73.5 cm³/mol. The second-order valence-corrected chi connectivity index (χ2v) is 5.86. The Bertz CT molecular complexity index is 389. The molecule has 0 aliphatic carbocycles. The van der Waals surface area contributed by atoms with Gasteiger partial charge in [0.25, 0.3) is 5.56 Å². The first-order valence-electron chi connectivity index (χ1n) is 4.92. The third kappa shape index (κ3) is 3.48. The molecule has 0 atom stereocenters. The number of hydrogen-bond donors (Lipinski definition) is 1. The Morgan fingerprint density at radius 1 is 1.53 bits per heavy atom. The summed E-state index contributed by atoms with van der Waals surface area (Å²) in [6.45, 7) is 6.21. The van der Waals surface area contributed by atoms with Crippen molar-refractivity contribution in [3.8, 4) is 0 Å². The van der Waals surface area contributed by atoms with Crippen molar-refractivity contribution in [2.45, 2.75) is 32.4 Å². The summed E-state index contributed by atoms with van der Waals surface area (Å²) < 4.78 is 0.716. The zero-order valence-electron chi connectivity index (χ0n) is 9.13. The van der Waals surface area contributed by atoms with Gasteiger partial charge in [-0.05, 0) is 34.3 Å². The maximum atomic E-state index is 11.6. The first-order valence-corrected chi connectivity index (χ1v) is 7.16. The van der Waals surface area contributed by atoms with E-state index in [1.165, 1.54) is 0 Å². The minimum absolute atomic E-state index is 0.0130. The monoisotopic (exact) mass is 338 g/mol. The Morgan fingerprint density at radius 2 is 2.20 bits per heavy atom. The molecular weight excluding hydrogens is 323 g/mol. The summed E-state index contributed by atoms with van der Waals surface area (Å²) in [4.78, 5) is 18.9. The van der Waals surface area contributed by atoms with Gasteiger partial charge in [0, 0.05) is 0 Å². The van der Waals surface area contributed by atoms with E-state index in [0.717, 1.165) is 23.0 Å². The van der Waals surface area contributed by atoms with Gasteiger partial charge < -0.3 is 4.98 Å². The molecule has 15 heavy (non-hydrogen) atoms. The van der Waals surface area contributed by atoms with Gasteiger partial charge in [-0.15, -0.1) is 0 Å². The van der Waals surface area contributed by atoms with Crippen LogP contribution in [0.5, 0.6) is 0 Å². The molecule has 84 valence electrons. The van der Waals surface area contributed by atoms with Crippen LogP contribution < -0.4 is 5.56 Å². The van der Waals surface area contributed by atoms with E-state index in [2.05, 4.69) is 53.3 Å². The van der Waals surface area contributed by atoms with Crippen LogP contribution in [0.2, 0.25) is 0 Å². The van der Waals surface area contributed by atoms with Crippen LogP contribution in [-0.2, 0) is 5.75 Å². The molecule has 5 heteroatoms. The molecule has 0 aromatic carbocycles. The fourth-order valence-electron chi connectivity index (χ4n) is 1.17. The number of hydrogen-bond acceptors (Lipinski definition) is 3. The van der Waals surface area contributed by atoms with E-state index < -0.39 is 0 Å². The van der Waals surface area contributed by atoms with Gasteiger partial charge in [-0.1, -0.05) is 20.8 Å². The molecule has 0 aliphatic rings. The number of aromatic nitrogens is 2. The van der Waals surface area contributed by atoms with E-state index in [4.69, 9.17) is 0 Å². The fourth-order valence-corrected chi connectivity index (χ4v) is 2.59. The van der Waals surface area contributed by atoms with Crippen LogP contribution in [0.3, 0.4) is 0 Å². The number of H-pyrrole nitrogens is 1. The first-order chi connectivity index (χ1) is 7.06. The second-order valence-electron chi connectivity index (χ2n) is 3.50. The van der Waals surface area contributed by atoms with E-state index in [9.17, 15) is 4.79 Å². The third-order valence-corrected chi connectivity index (χ3v) is 3.86. The lowest BCUT2D eigenvalue weighted by Gasteiger charge is -2.08. The zero-order chi connectivity index (χ0) is 11.4. The average Bonchev–Trinajstić information content (AvgIpc) is 2.19. The minimum Gasteiger partial charge on any atom is -0.309 e. The van der Waals surface area contributed by atoms with E-state index in [-0.39, 0.29) is 5.56 Å². The molecule has 1 rings (SSSR count). The second kappa shape index (κ2) is 5.89. The molecule has 0 radical (unpaired) electrons. The molecule has 1 heterocycles. The Balaban J connectivity index is 3.06. The topological polar surface area (TPSA) is 45.8 Å². The normalized spacial score (nSPS) is 11.0. The number of rotatable bonds is 4. The highest BCUT2D eigenvalue weighted by Gasteiger charge is 2.11. The van der Waals surface area contributed by atoms with Crippen molar-refractivity contribution in [1.82, 2.24) is 9.97 Å². The summed E-state index contributed by atoms with van der Waals surface area (Å²) in [5.74, 6) is 2.90. The van der Waals surface area contributed by atoms with Crippen LogP contribution in [0.1, 0.15) is 38.2 Å². The maximum Gasteiger partial charge on any atom is 0.264 e. The van der Waals surface area contributed by atoms with Crippen molar-refractivity contribution in [3.63, 3.8) is 0 Å². The average molecular weight is 338 g/mol. The number of nitrogens with one attached hydrogen (secondary N) is 1. The summed E-state index contributed by atoms with van der Waals surface area (Å²) >= 11 is 3.82. The van der Waals surface area contributed by atoms with Crippen LogP contribution in [0.4, 0.5) is 0 Å². The van der Waals surface area contributed by atoms with Crippen molar-refractivity contribution in [2.75, 3.05) is 5.75 Å². The van der Waals surface area contributed by atoms with Gasteiger partial charge in [-0.2, -0.15) is 11.8 Å².